The maximum Gasteiger partial charge on any atom is 0.159 e. The van der Waals surface area contributed by atoms with Crippen molar-refractivity contribution in [1.29, 1.82) is 0 Å². The molecular weight excluding hydrogens is 236 g/mol. The summed E-state index contributed by atoms with van der Waals surface area (Å²) in [6.07, 6.45) is 6.40. The number of carbonyl (C=O) groups is 1. The van der Waals surface area contributed by atoms with Crippen LogP contribution in [0.15, 0.2) is 30.8 Å². The highest BCUT2D eigenvalue weighted by Crippen LogP contribution is 2.52. The molecule has 2 heteroatoms. The van der Waals surface area contributed by atoms with Crippen molar-refractivity contribution in [2.45, 2.75) is 50.7 Å². The van der Waals surface area contributed by atoms with Crippen molar-refractivity contribution in [3.63, 3.8) is 0 Å². The molecule has 0 amide bonds. The molecule has 19 heavy (non-hydrogen) atoms. The van der Waals surface area contributed by atoms with Crippen molar-refractivity contribution in [1.82, 2.24) is 0 Å². The lowest BCUT2D eigenvalue weighted by Crippen LogP contribution is -2.19. The molecule has 1 heterocycles. The van der Waals surface area contributed by atoms with Crippen LogP contribution >= 0.6 is 0 Å². The van der Waals surface area contributed by atoms with Crippen LogP contribution in [0.3, 0.4) is 0 Å². The van der Waals surface area contributed by atoms with Crippen LogP contribution in [-0.4, -0.2) is 17.5 Å². The molecule has 1 aromatic carbocycles. The second-order valence-electron chi connectivity index (χ2n) is 5.78. The zero-order valence-electron chi connectivity index (χ0n) is 11.4. The van der Waals surface area contributed by atoms with Crippen LogP contribution in [0.25, 0.3) is 5.57 Å². The molecule has 1 aliphatic carbocycles. The lowest BCUT2D eigenvalue weighted by molar-refractivity contribution is 0.101. The number of rotatable bonds is 3. The molecule has 0 radical (unpaired) electrons. The van der Waals surface area contributed by atoms with Gasteiger partial charge in [0.2, 0.25) is 0 Å². The van der Waals surface area contributed by atoms with Crippen molar-refractivity contribution in [2.24, 2.45) is 0 Å². The van der Waals surface area contributed by atoms with E-state index in [1.807, 2.05) is 24.3 Å². The Balaban J connectivity index is 1.73. The highest BCUT2D eigenvalue weighted by Gasteiger charge is 2.57. The third-order valence-electron chi connectivity index (χ3n) is 4.45. The van der Waals surface area contributed by atoms with Gasteiger partial charge in [0.25, 0.3) is 0 Å². The number of hydrogen-bond donors (Lipinski definition) is 0. The predicted molar refractivity (Wildman–Crippen MR) is 76.2 cm³/mol. The summed E-state index contributed by atoms with van der Waals surface area (Å²) >= 11 is 0. The van der Waals surface area contributed by atoms with Crippen LogP contribution in [0.4, 0.5) is 0 Å². The maximum atomic E-state index is 11.3. The molecule has 0 aromatic heterocycles. The van der Waals surface area contributed by atoms with E-state index in [0.29, 0.717) is 0 Å². The second kappa shape index (κ2) is 4.61. The number of benzene rings is 1. The van der Waals surface area contributed by atoms with E-state index in [4.69, 9.17) is 4.74 Å². The summed E-state index contributed by atoms with van der Waals surface area (Å²) in [6.45, 7) is 5.79. The fourth-order valence-electron chi connectivity index (χ4n) is 3.19. The lowest BCUT2D eigenvalue weighted by atomic mass is 9.83. The van der Waals surface area contributed by atoms with Gasteiger partial charge >= 0.3 is 0 Å². The smallest absolute Gasteiger partial charge is 0.159 e. The average molecular weight is 256 g/mol. The summed E-state index contributed by atoms with van der Waals surface area (Å²) < 4.78 is 5.97. The Labute approximate surface area is 114 Å². The van der Waals surface area contributed by atoms with Crippen LogP contribution in [0.2, 0.25) is 0 Å². The van der Waals surface area contributed by atoms with E-state index in [-0.39, 0.29) is 17.5 Å². The molecule has 2 aliphatic rings. The standard InChI is InChI=1S/C17H20O2/c1-12(14-6-8-15(9-7-14)13(2)18)16-17(19-16)10-4-3-5-11-17/h6-9,16H,1,3-5,10-11H2,2H3. The van der Waals surface area contributed by atoms with Gasteiger partial charge in [0.1, 0.15) is 6.10 Å². The van der Waals surface area contributed by atoms with Crippen molar-refractivity contribution < 1.29 is 9.53 Å². The van der Waals surface area contributed by atoms with Gasteiger partial charge in [-0.05, 0) is 30.9 Å². The quantitative estimate of drug-likeness (QED) is 0.604. The molecule has 3 rings (SSSR count). The van der Waals surface area contributed by atoms with E-state index in [1.54, 1.807) is 6.92 Å². The van der Waals surface area contributed by atoms with Gasteiger partial charge < -0.3 is 4.74 Å². The molecule has 0 N–H and O–H groups in total. The minimum Gasteiger partial charge on any atom is -0.361 e. The number of Topliss-reactive ketones (excluding diaryl/α,β-unsaturated/α-hetero) is 1. The van der Waals surface area contributed by atoms with Crippen molar-refractivity contribution >= 4 is 11.4 Å². The average Bonchev–Trinajstić information content (AvgIpc) is 3.12. The first kappa shape index (κ1) is 12.6. The van der Waals surface area contributed by atoms with Crippen LogP contribution < -0.4 is 0 Å². The first-order valence-electron chi connectivity index (χ1n) is 7.10. The maximum absolute atomic E-state index is 11.3. The molecule has 1 aliphatic heterocycles. The van der Waals surface area contributed by atoms with Gasteiger partial charge in [-0.25, -0.2) is 0 Å². The van der Waals surface area contributed by atoms with Gasteiger partial charge in [-0.3, -0.25) is 4.79 Å². The Morgan fingerprint density at radius 1 is 1.16 bits per heavy atom. The van der Waals surface area contributed by atoms with Gasteiger partial charge in [0.05, 0.1) is 5.60 Å². The van der Waals surface area contributed by atoms with E-state index in [0.717, 1.165) is 16.7 Å². The SMILES string of the molecule is C=C(c1ccc(C(C)=O)cc1)C1OC12CCCCC2. The molecule has 2 nitrogen and oxygen atoms in total. The van der Waals surface area contributed by atoms with Gasteiger partial charge in [-0.15, -0.1) is 0 Å². The van der Waals surface area contributed by atoms with Crippen molar-refractivity contribution in [3.05, 3.63) is 42.0 Å². The minimum absolute atomic E-state index is 0.0918. The topological polar surface area (TPSA) is 29.6 Å². The van der Waals surface area contributed by atoms with E-state index >= 15 is 0 Å². The first-order chi connectivity index (χ1) is 9.12. The number of epoxide rings is 1. The zero-order valence-corrected chi connectivity index (χ0v) is 11.4. The van der Waals surface area contributed by atoms with E-state index in [9.17, 15) is 4.79 Å². The Kier molecular flexibility index (Phi) is 3.06. The lowest BCUT2D eigenvalue weighted by Gasteiger charge is -2.18. The highest BCUT2D eigenvalue weighted by atomic mass is 16.6. The summed E-state index contributed by atoms with van der Waals surface area (Å²) in [5, 5.41) is 0. The van der Waals surface area contributed by atoms with Crippen LogP contribution in [0, 0.1) is 0 Å². The van der Waals surface area contributed by atoms with Crippen LogP contribution in [0.5, 0.6) is 0 Å². The largest absolute Gasteiger partial charge is 0.361 e. The monoisotopic (exact) mass is 256 g/mol. The van der Waals surface area contributed by atoms with E-state index in [1.165, 1.54) is 32.1 Å². The third kappa shape index (κ3) is 2.25. The molecule has 1 saturated carbocycles. The third-order valence-corrected chi connectivity index (χ3v) is 4.45. The molecule has 100 valence electrons. The predicted octanol–water partition coefficient (Wildman–Crippen LogP) is 4.00. The minimum atomic E-state index is 0.0918. The summed E-state index contributed by atoms with van der Waals surface area (Å²) in [5.41, 5.74) is 3.00. The van der Waals surface area contributed by atoms with Gasteiger partial charge in [0, 0.05) is 5.56 Å². The summed E-state index contributed by atoms with van der Waals surface area (Å²) in [7, 11) is 0. The summed E-state index contributed by atoms with van der Waals surface area (Å²) in [6, 6.07) is 7.71. The number of hydrogen-bond acceptors (Lipinski definition) is 2. The molecule has 1 unspecified atom stereocenters. The molecule has 1 aromatic rings. The Morgan fingerprint density at radius 2 is 1.74 bits per heavy atom. The van der Waals surface area contributed by atoms with Gasteiger partial charge in [0.15, 0.2) is 5.78 Å². The summed E-state index contributed by atoms with van der Waals surface area (Å²) in [4.78, 5) is 11.3. The van der Waals surface area contributed by atoms with E-state index in [2.05, 4.69) is 6.58 Å². The zero-order chi connectivity index (χ0) is 13.5. The van der Waals surface area contributed by atoms with Crippen LogP contribution in [-0.2, 0) is 4.74 Å². The highest BCUT2D eigenvalue weighted by molar-refractivity contribution is 5.94. The fraction of sp³-hybridized carbons (Fsp3) is 0.471. The molecule has 1 saturated heterocycles. The van der Waals surface area contributed by atoms with Gasteiger partial charge in [-0.2, -0.15) is 0 Å². The Morgan fingerprint density at radius 3 is 2.32 bits per heavy atom. The summed E-state index contributed by atoms with van der Waals surface area (Å²) in [5.74, 6) is 0.101. The van der Waals surface area contributed by atoms with E-state index < -0.39 is 0 Å². The number of ketones is 1. The Hall–Kier alpha value is -1.41. The van der Waals surface area contributed by atoms with Crippen molar-refractivity contribution in [2.75, 3.05) is 0 Å². The number of carbonyl (C=O) groups excluding carboxylic acids is 1. The number of ether oxygens (including phenoxy) is 1. The second-order valence-corrected chi connectivity index (χ2v) is 5.78. The van der Waals surface area contributed by atoms with Crippen LogP contribution in [0.1, 0.15) is 54.9 Å². The first-order valence-corrected chi connectivity index (χ1v) is 7.10. The molecule has 1 atom stereocenters. The Bertz CT molecular complexity index is 507. The molecular formula is C17H20O2. The van der Waals surface area contributed by atoms with Crippen molar-refractivity contribution in [3.8, 4) is 0 Å². The molecule has 2 fully saturated rings. The normalized spacial score (nSPS) is 24.2. The van der Waals surface area contributed by atoms with Gasteiger partial charge in [-0.1, -0.05) is 50.1 Å². The molecule has 0 bridgehead atoms. The fourth-order valence-corrected chi connectivity index (χ4v) is 3.19. The molecule has 1 spiro atoms.